The molecule has 0 aliphatic heterocycles. The molecule has 2 rings (SSSR count). The first-order valence-corrected chi connectivity index (χ1v) is 9.32. The van der Waals surface area contributed by atoms with Crippen LogP contribution in [0.2, 0.25) is 0 Å². The molecule has 0 aliphatic carbocycles. The first kappa shape index (κ1) is 21.2. The van der Waals surface area contributed by atoms with Gasteiger partial charge in [0.25, 0.3) is 0 Å². The fourth-order valence-corrected chi connectivity index (χ4v) is 2.94. The van der Waals surface area contributed by atoms with E-state index in [0.29, 0.717) is 18.0 Å². The van der Waals surface area contributed by atoms with Gasteiger partial charge in [0, 0.05) is 16.8 Å². The second kappa shape index (κ2) is 9.22. The van der Waals surface area contributed by atoms with Gasteiger partial charge in [-0.3, -0.25) is 0 Å². The number of benzene rings is 2. The van der Waals surface area contributed by atoms with Crippen LogP contribution in [-0.4, -0.2) is 18.7 Å². The molecule has 0 spiro atoms. The average molecular weight is 373 g/mol. The molecule has 4 N–H and O–H groups in total. The zero-order valence-corrected chi connectivity index (χ0v) is 16.9. The van der Waals surface area contributed by atoms with Crippen LogP contribution in [0, 0.1) is 0 Å². The Balaban J connectivity index is 1.89. The Kier molecular flexibility index (Phi) is 7.25. The van der Waals surface area contributed by atoms with Crippen molar-refractivity contribution in [3.8, 4) is 0 Å². The van der Waals surface area contributed by atoms with Crippen molar-refractivity contribution < 1.29 is 14.2 Å². The number of nitrogens with two attached hydrogens (primary N) is 2. The molecular formula is C22H32N2O3. The molecule has 0 aromatic heterocycles. The Morgan fingerprint density at radius 3 is 2.22 bits per heavy atom. The second-order valence-electron chi connectivity index (χ2n) is 7.41. The topological polar surface area (TPSA) is 79.7 Å². The third-order valence-corrected chi connectivity index (χ3v) is 4.89. The van der Waals surface area contributed by atoms with E-state index in [1.54, 1.807) is 6.07 Å². The molecule has 0 aliphatic rings. The van der Waals surface area contributed by atoms with Gasteiger partial charge >= 0.3 is 0 Å². The Morgan fingerprint density at radius 1 is 0.889 bits per heavy atom. The van der Waals surface area contributed by atoms with Crippen LogP contribution in [0.3, 0.4) is 0 Å². The van der Waals surface area contributed by atoms with Crippen molar-refractivity contribution in [2.24, 2.45) is 0 Å². The van der Waals surface area contributed by atoms with E-state index < -0.39 is 6.29 Å². The highest BCUT2D eigenvalue weighted by Gasteiger charge is 2.32. The smallest absolute Gasteiger partial charge is 0.158 e. The molecule has 0 saturated carbocycles. The van der Waals surface area contributed by atoms with Crippen LogP contribution in [0.4, 0.5) is 11.4 Å². The van der Waals surface area contributed by atoms with Gasteiger partial charge < -0.3 is 25.7 Å². The van der Waals surface area contributed by atoms with Gasteiger partial charge in [0.15, 0.2) is 12.6 Å². The van der Waals surface area contributed by atoms with Crippen molar-refractivity contribution in [1.82, 2.24) is 0 Å². The molecular weight excluding hydrogens is 340 g/mol. The number of anilines is 2. The molecule has 5 heteroatoms. The normalized spacial score (nSPS) is 15.3. The molecule has 27 heavy (non-hydrogen) atoms. The van der Waals surface area contributed by atoms with Gasteiger partial charge in [-0.05, 0) is 50.1 Å². The van der Waals surface area contributed by atoms with E-state index in [2.05, 4.69) is 13.8 Å². The number of ether oxygens (including phenoxy) is 3. The maximum absolute atomic E-state index is 6.16. The van der Waals surface area contributed by atoms with E-state index in [1.165, 1.54) is 0 Å². The quantitative estimate of drug-likeness (QED) is 0.502. The molecule has 0 heterocycles. The lowest BCUT2D eigenvalue weighted by Gasteiger charge is -2.35. The lowest BCUT2D eigenvalue weighted by atomic mass is 9.79. The minimum absolute atomic E-state index is 0.141. The second-order valence-corrected chi connectivity index (χ2v) is 7.41. The Labute approximate surface area is 162 Å². The van der Waals surface area contributed by atoms with Gasteiger partial charge in [0.2, 0.25) is 0 Å². The predicted molar refractivity (Wildman–Crippen MR) is 110 cm³/mol. The summed E-state index contributed by atoms with van der Waals surface area (Å²) in [7, 11) is 0. The zero-order valence-electron chi connectivity index (χ0n) is 16.9. The highest BCUT2D eigenvalue weighted by Crippen LogP contribution is 2.34. The molecule has 2 aromatic carbocycles. The molecule has 0 bridgehead atoms. The van der Waals surface area contributed by atoms with Gasteiger partial charge in [-0.2, -0.15) is 0 Å². The summed E-state index contributed by atoms with van der Waals surface area (Å²) in [6.07, 6.45) is -0.946. The van der Waals surface area contributed by atoms with Crippen LogP contribution in [-0.2, 0) is 26.2 Å². The standard InChI is InChI=1S/C22H32N2O3/c1-15(22(4,5)20-13-19(23)11-12-21(20)24)26-17(3)27-16(2)25-14-18-9-7-6-8-10-18/h6-13,15-17H,14,23-24H2,1-5H3. The van der Waals surface area contributed by atoms with Crippen molar-refractivity contribution in [3.05, 3.63) is 59.7 Å². The SMILES string of the molecule is CC(OCc1ccccc1)OC(C)OC(C)C(C)(C)c1cc(N)ccc1N. The van der Waals surface area contributed by atoms with E-state index in [0.717, 1.165) is 11.1 Å². The fourth-order valence-electron chi connectivity index (χ4n) is 2.94. The number of rotatable bonds is 9. The van der Waals surface area contributed by atoms with Gasteiger partial charge in [0.05, 0.1) is 12.7 Å². The van der Waals surface area contributed by atoms with E-state index in [9.17, 15) is 0 Å². The number of hydrogen-bond donors (Lipinski definition) is 2. The third-order valence-electron chi connectivity index (χ3n) is 4.89. The maximum Gasteiger partial charge on any atom is 0.158 e. The predicted octanol–water partition coefficient (Wildman–Crippen LogP) is 4.46. The lowest BCUT2D eigenvalue weighted by Crippen LogP contribution is -2.38. The fraction of sp³-hybridized carbons (Fsp3) is 0.455. The highest BCUT2D eigenvalue weighted by atomic mass is 16.8. The summed E-state index contributed by atoms with van der Waals surface area (Å²) in [5.74, 6) is 0. The third kappa shape index (κ3) is 5.96. The summed E-state index contributed by atoms with van der Waals surface area (Å²) < 4.78 is 17.7. The molecule has 0 saturated heterocycles. The molecule has 2 aromatic rings. The zero-order chi connectivity index (χ0) is 20.0. The minimum Gasteiger partial charge on any atom is -0.399 e. The van der Waals surface area contributed by atoms with E-state index in [-0.39, 0.29) is 17.8 Å². The van der Waals surface area contributed by atoms with Crippen molar-refractivity contribution in [2.45, 2.75) is 65.3 Å². The molecule has 5 nitrogen and oxygen atoms in total. The Morgan fingerprint density at radius 2 is 1.56 bits per heavy atom. The summed E-state index contributed by atoms with van der Waals surface area (Å²) in [5, 5.41) is 0. The summed E-state index contributed by atoms with van der Waals surface area (Å²) in [6.45, 7) is 10.4. The van der Waals surface area contributed by atoms with Gasteiger partial charge in [0.1, 0.15) is 0 Å². The maximum atomic E-state index is 6.16. The summed E-state index contributed by atoms with van der Waals surface area (Å²) in [6, 6.07) is 15.5. The van der Waals surface area contributed by atoms with Crippen LogP contribution in [0.5, 0.6) is 0 Å². The van der Waals surface area contributed by atoms with Crippen molar-refractivity contribution in [2.75, 3.05) is 11.5 Å². The van der Waals surface area contributed by atoms with Crippen molar-refractivity contribution >= 4 is 11.4 Å². The van der Waals surface area contributed by atoms with Crippen LogP contribution in [0.25, 0.3) is 0 Å². The highest BCUT2D eigenvalue weighted by molar-refractivity contribution is 5.58. The van der Waals surface area contributed by atoms with Gasteiger partial charge in [-0.25, -0.2) is 0 Å². The molecule has 0 radical (unpaired) electrons. The largest absolute Gasteiger partial charge is 0.399 e. The van der Waals surface area contributed by atoms with E-state index in [4.69, 9.17) is 25.7 Å². The van der Waals surface area contributed by atoms with Crippen molar-refractivity contribution in [1.29, 1.82) is 0 Å². The van der Waals surface area contributed by atoms with Gasteiger partial charge in [-0.15, -0.1) is 0 Å². The number of hydrogen-bond acceptors (Lipinski definition) is 5. The van der Waals surface area contributed by atoms with Crippen LogP contribution < -0.4 is 11.5 Å². The van der Waals surface area contributed by atoms with Crippen molar-refractivity contribution in [3.63, 3.8) is 0 Å². The molecule has 0 fully saturated rings. The monoisotopic (exact) mass is 372 g/mol. The van der Waals surface area contributed by atoms with Crippen LogP contribution in [0.1, 0.15) is 45.7 Å². The van der Waals surface area contributed by atoms with Crippen LogP contribution >= 0.6 is 0 Å². The van der Waals surface area contributed by atoms with E-state index in [1.807, 2.05) is 63.2 Å². The summed E-state index contributed by atoms with van der Waals surface area (Å²) in [5.41, 5.74) is 15.2. The average Bonchev–Trinajstić information content (AvgIpc) is 2.62. The molecule has 0 amide bonds. The van der Waals surface area contributed by atoms with Gasteiger partial charge in [-0.1, -0.05) is 44.2 Å². The van der Waals surface area contributed by atoms with E-state index >= 15 is 0 Å². The summed E-state index contributed by atoms with van der Waals surface area (Å²) >= 11 is 0. The minimum atomic E-state index is -0.424. The molecule has 3 atom stereocenters. The number of nitrogen functional groups attached to an aromatic ring is 2. The summed E-state index contributed by atoms with van der Waals surface area (Å²) in [4.78, 5) is 0. The van der Waals surface area contributed by atoms with Crippen LogP contribution in [0.15, 0.2) is 48.5 Å². The molecule has 3 unspecified atom stereocenters. The Bertz CT molecular complexity index is 719. The Hall–Kier alpha value is -2.08. The first-order valence-electron chi connectivity index (χ1n) is 9.32. The lowest BCUT2D eigenvalue weighted by molar-refractivity contribution is -0.251. The molecule has 148 valence electrons. The first-order chi connectivity index (χ1) is 12.7.